The van der Waals surface area contributed by atoms with E-state index in [1.54, 1.807) is 34.9 Å². The molecule has 1 aromatic carbocycles. The second kappa shape index (κ2) is 7.05. The summed E-state index contributed by atoms with van der Waals surface area (Å²) in [5.74, 6) is 1.08. The van der Waals surface area contributed by atoms with Gasteiger partial charge in [0.15, 0.2) is 0 Å². The third-order valence-corrected chi connectivity index (χ3v) is 8.13. The average Bonchev–Trinajstić information content (AvgIpc) is 3.03. The van der Waals surface area contributed by atoms with Crippen LogP contribution in [0.15, 0.2) is 22.4 Å². The Hall–Kier alpha value is -1.44. The molecule has 0 radical (unpaired) electrons. The minimum atomic E-state index is -3.48. The molecule has 0 unspecified atom stereocenters. The van der Waals surface area contributed by atoms with Crippen molar-refractivity contribution in [2.24, 2.45) is 0 Å². The van der Waals surface area contributed by atoms with Gasteiger partial charge in [-0.25, -0.2) is 13.4 Å². The number of ether oxygens (including phenoxy) is 1. The van der Waals surface area contributed by atoms with Crippen LogP contribution in [0.2, 0.25) is 0 Å². The second-order valence-electron chi connectivity index (χ2n) is 6.52. The van der Waals surface area contributed by atoms with Gasteiger partial charge in [-0.3, -0.25) is 0 Å². The van der Waals surface area contributed by atoms with E-state index in [2.05, 4.69) is 10.4 Å². The highest BCUT2D eigenvalue weighted by atomic mass is 32.2. The Balaban J connectivity index is 1.79. The lowest BCUT2D eigenvalue weighted by molar-refractivity contribution is 0.319. The number of hydrogen-bond acceptors (Lipinski definition) is 5. The number of piperidine rings is 1. The molecule has 7 heteroatoms. The predicted octanol–water partition coefficient (Wildman–Crippen LogP) is 3.65. The first kappa shape index (κ1) is 18.4. The molecule has 136 valence electrons. The molecule has 1 aliphatic heterocycles. The maximum absolute atomic E-state index is 13.1. The molecular weight excluding hydrogens is 356 g/mol. The summed E-state index contributed by atoms with van der Waals surface area (Å²) < 4.78 is 33.1. The van der Waals surface area contributed by atoms with Crippen molar-refractivity contribution in [3.05, 3.63) is 39.3 Å². The Morgan fingerprint density at radius 3 is 2.40 bits per heavy atom. The molecule has 2 aromatic rings. The van der Waals surface area contributed by atoms with Crippen LogP contribution in [0.25, 0.3) is 0 Å². The zero-order chi connectivity index (χ0) is 18.2. The third-order valence-electron chi connectivity index (χ3n) is 4.97. The van der Waals surface area contributed by atoms with E-state index in [9.17, 15) is 8.42 Å². The van der Waals surface area contributed by atoms with Crippen molar-refractivity contribution in [1.82, 2.24) is 9.29 Å². The van der Waals surface area contributed by atoms with Gasteiger partial charge in [-0.2, -0.15) is 4.31 Å². The number of nitrogens with zero attached hydrogens (tertiary/aromatic N) is 2. The molecule has 0 saturated carbocycles. The molecule has 1 saturated heterocycles. The summed E-state index contributed by atoms with van der Waals surface area (Å²) in [6, 6.07) is 3.40. The Labute approximate surface area is 153 Å². The lowest BCUT2D eigenvalue weighted by Gasteiger charge is -2.31. The number of aromatic nitrogens is 1. The minimum absolute atomic E-state index is 0.365. The summed E-state index contributed by atoms with van der Waals surface area (Å²) >= 11 is 1.68. The van der Waals surface area contributed by atoms with E-state index in [0.717, 1.165) is 34.7 Å². The van der Waals surface area contributed by atoms with E-state index in [-0.39, 0.29) is 0 Å². The highest BCUT2D eigenvalue weighted by Gasteiger charge is 2.32. The SMILES string of the molecule is COc1ccc(S(=O)(=O)N2CCC(c3nc(C)cs3)CC2)c(C)c1C. The average molecular weight is 381 g/mol. The normalized spacial score (nSPS) is 17.0. The van der Waals surface area contributed by atoms with Crippen LogP contribution >= 0.6 is 11.3 Å². The van der Waals surface area contributed by atoms with Crippen molar-refractivity contribution < 1.29 is 13.2 Å². The lowest BCUT2D eigenvalue weighted by atomic mass is 9.99. The summed E-state index contributed by atoms with van der Waals surface area (Å²) in [5, 5.41) is 3.19. The predicted molar refractivity (Wildman–Crippen MR) is 100 cm³/mol. The van der Waals surface area contributed by atoms with Gasteiger partial charge < -0.3 is 4.74 Å². The smallest absolute Gasteiger partial charge is 0.243 e. The summed E-state index contributed by atoms with van der Waals surface area (Å²) in [7, 11) is -1.88. The number of methoxy groups -OCH3 is 1. The third kappa shape index (κ3) is 3.45. The zero-order valence-corrected chi connectivity index (χ0v) is 16.7. The van der Waals surface area contributed by atoms with Gasteiger partial charge in [-0.1, -0.05) is 0 Å². The first-order valence-corrected chi connectivity index (χ1v) is 10.7. The van der Waals surface area contributed by atoms with Crippen LogP contribution in [0, 0.1) is 20.8 Å². The highest BCUT2D eigenvalue weighted by molar-refractivity contribution is 7.89. The van der Waals surface area contributed by atoms with Gasteiger partial charge in [0.2, 0.25) is 10.0 Å². The topological polar surface area (TPSA) is 59.5 Å². The summed E-state index contributed by atoms with van der Waals surface area (Å²) in [5.41, 5.74) is 2.67. The number of thiazole rings is 1. The molecule has 5 nitrogen and oxygen atoms in total. The van der Waals surface area contributed by atoms with Crippen molar-refractivity contribution in [1.29, 1.82) is 0 Å². The fourth-order valence-corrected chi connectivity index (χ4v) is 6.03. The Morgan fingerprint density at radius 1 is 1.16 bits per heavy atom. The number of rotatable bonds is 4. The van der Waals surface area contributed by atoms with Gasteiger partial charge >= 0.3 is 0 Å². The van der Waals surface area contributed by atoms with Gasteiger partial charge in [0.1, 0.15) is 5.75 Å². The lowest BCUT2D eigenvalue weighted by Crippen LogP contribution is -2.38. The van der Waals surface area contributed by atoms with Gasteiger partial charge in [0.05, 0.1) is 17.0 Å². The van der Waals surface area contributed by atoms with Crippen LogP contribution in [0.3, 0.4) is 0 Å². The van der Waals surface area contributed by atoms with Crippen molar-refractivity contribution in [3.8, 4) is 5.75 Å². The molecule has 1 fully saturated rings. The number of hydrogen-bond donors (Lipinski definition) is 0. The Morgan fingerprint density at radius 2 is 1.84 bits per heavy atom. The summed E-state index contributed by atoms with van der Waals surface area (Å²) in [6.07, 6.45) is 1.64. The highest BCUT2D eigenvalue weighted by Crippen LogP contribution is 2.34. The van der Waals surface area contributed by atoms with Crippen LogP contribution in [-0.4, -0.2) is 37.9 Å². The van der Waals surface area contributed by atoms with Gasteiger partial charge in [-0.15, -0.1) is 11.3 Å². The van der Waals surface area contributed by atoms with Crippen LogP contribution in [0.5, 0.6) is 5.75 Å². The molecular formula is C18H24N2O3S2. The van der Waals surface area contributed by atoms with E-state index in [1.807, 2.05) is 20.8 Å². The number of aryl methyl sites for hydroxylation is 1. The van der Waals surface area contributed by atoms with Crippen molar-refractivity contribution >= 4 is 21.4 Å². The molecule has 1 aliphatic rings. The zero-order valence-electron chi connectivity index (χ0n) is 15.1. The van der Waals surface area contributed by atoms with Crippen molar-refractivity contribution in [2.45, 2.75) is 44.4 Å². The van der Waals surface area contributed by atoms with Crippen LogP contribution in [0.4, 0.5) is 0 Å². The molecule has 0 bridgehead atoms. The molecule has 0 spiro atoms. The fraction of sp³-hybridized carbons (Fsp3) is 0.500. The van der Waals surface area contributed by atoms with Crippen molar-refractivity contribution in [2.75, 3.05) is 20.2 Å². The number of benzene rings is 1. The van der Waals surface area contributed by atoms with Gasteiger partial charge in [0, 0.05) is 30.1 Å². The maximum Gasteiger partial charge on any atom is 0.243 e. The molecule has 0 atom stereocenters. The molecule has 1 aromatic heterocycles. The molecule has 2 heterocycles. The first-order valence-electron chi connectivity index (χ1n) is 8.41. The Bertz CT molecular complexity index is 866. The monoisotopic (exact) mass is 380 g/mol. The molecule has 3 rings (SSSR count). The summed E-state index contributed by atoms with van der Waals surface area (Å²) in [6.45, 7) is 6.81. The van der Waals surface area contributed by atoms with Crippen LogP contribution in [0.1, 0.15) is 40.6 Å². The van der Waals surface area contributed by atoms with Crippen molar-refractivity contribution in [3.63, 3.8) is 0 Å². The minimum Gasteiger partial charge on any atom is -0.496 e. The van der Waals surface area contributed by atoms with E-state index >= 15 is 0 Å². The molecule has 25 heavy (non-hydrogen) atoms. The standard InChI is InChI=1S/C18H24N2O3S2/c1-12-11-24-18(19-12)15-7-9-20(10-8-15)25(21,22)17-6-5-16(23-4)13(2)14(17)3/h5-6,11,15H,7-10H2,1-4H3. The van der Waals surface area contributed by atoms with E-state index in [1.165, 1.54) is 0 Å². The fourth-order valence-electron chi connectivity index (χ4n) is 3.31. The van der Waals surface area contributed by atoms with Gasteiger partial charge in [0.25, 0.3) is 0 Å². The van der Waals surface area contributed by atoms with Crippen LogP contribution < -0.4 is 4.74 Å². The molecule has 0 aliphatic carbocycles. The second-order valence-corrected chi connectivity index (χ2v) is 9.32. The maximum atomic E-state index is 13.1. The number of sulfonamides is 1. The first-order chi connectivity index (χ1) is 11.8. The molecule has 0 amide bonds. The van der Waals surface area contributed by atoms with Crippen LogP contribution in [-0.2, 0) is 10.0 Å². The quantitative estimate of drug-likeness (QED) is 0.812. The van der Waals surface area contributed by atoms with E-state index in [0.29, 0.717) is 29.7 Å². The largest absolute Gasteiger partial charge is 0.496 e. The summed E-state index contributed by atoms with van der Waals surface area (Å²) in [4.78, 5) is 4.94. The Kier molecular flexibility index (Phi) is 5.18. The van der Waals surface area contributed by atoms with Gasteiger partial charge in [-0.05, 0) is 56.9 Å². The van der Waals surface area contributed by atoms with E-state index in [4.69, 9.17) is 4.74 Å². The molecule has 0 N–H and O–H groups in total. The van der Waals surface area contributed by atoms with E-state index < -0.39 is 10.0 Å².